The van der Waals surface area contributed by atoms with Crippen LogP contribution in [0.4, 0.5) is 0 Å². The second-order valence-corrected chi connectivity index (χ2v) is 8.94. The third kappa shape index (κ3) is 19.1. The van der Waals surface area contributed by atoms with Crippen LogP contribution in [0, 0.1) is 0 Å². The van der Waals surface area contributed by atoms with Gasteiger partial charge in [-0.1, -0.05) is 92.0 Å². The molecule has 0 aliphatic carbocycles. The molecule has 0 saturated heterocycles. The summed E-state index contributed by atoms with van der Waals surface area (Å²) in [6.45, 7) is 3.83. The number of carbonyl (C=O) groups is 3. The van der Waals surface area contributed by atoms with Gasteiger partial charge in [-0.3, -0.25) is 14.4 Å². The highest BCUT2D eigenvalue weighted by atomic mass is 16.5. The molecule has 0 bridgehead atoms. The monoisotopic (exact) mass is 531 g/mol. The molecule has 0 fully saturated rings. The number of Topliss-reactive ketones (excluding diaryl/α,β-unsaturated/α-hetero) is 1. The summed E-state index contributed by atoms with van der Waals surface area (Å²) in [6, 6.07) is 6.59. The first-order valence-electron chi connectivity index (χ1n) is 14.0. The highest BCUT2D eigenvalue weighted by molar-refractivity contribution is 5.97. The van der Waals surface area contributed by atoms with Gasteiger partial charge in [-0.05, 0) is 63.5 Å². The van der Waals surface area contributed by atoms with E-state index in [1.54, 1.807) is 24.3 Å². The Morgan fingerprint density at radius 2 is 1.23 bits per heavy atom. The Bertz CT molecular complexity index is 1030. The number of ether oxygens (including phenoxy) is 1. The molecule has 1 N–H and O–H groups in total. The standard InChI is InChI=1S/C34H45NO4/c1-3-4-5-6-7-8-9-10-11-12-13-14-15-16-17-18-19-20-21-25-31(37)26-24-29-35-34(38)32-27-22-23-28-33(32)39-30(2)36/h4-5,7-8,10-11,13-14,16-17,19-20,22-23,27-28H,3,6,9,12,15,18,21,24-26,29H2,1-2H3,(H,35,38)/b5-4-,8-7-,11-10-,14-13-,17-16-,20-19-. The van der Waals surface area contributed by atoms with Gasteiger partial charge >= 0.3 is 5.97 Å². The molecule has 1 aromatic carbocycles. The zero-order valence-electron chi connectivity index (χ0n) is 23.6. The smallest absolute Gasteiger partial charge is 0.308 e. The van der Waals surface area contributed by atoms with Crippen molar-refractivity contribution >= 4 is 17.7 Å². The summed E-state index contributed by atoms with van der Waals surface area (Å²) in [5, 5.41) is 2.78. The third-order valence-corrected chi connectivity index (χ3v) is 5.49. The van der Waals surface area contributed by atoms with Gasteiger partial charge in [0.15, 0.2) is 0 Å². The van der Waals surface area contributed by atoms with Crippen LogP contribution in [0.2, 0.25) is 0 Å². The maximum Gasteiger partial charge on any atom is 0.308 e. The number of hydrogen-bond acceptors (Lipinski definition) is 4. The van der Waals surface area contributed by atoms with Gasteiger partial charge in [0.2, 0.25) is 0 Å². The number of rotatable bonds is 20. The number of carbonyl (C=O) groups excluding carboxylic acids is 3. The first-order chi connectivity index (χ1) is 19.0. The summed E-state index contributed by atoms with van der Waals surface area (Å²) in [5.74, 6) is -0.385. The number of ketones is 1. The van der Waals surface area contributed by atoms with Gasteiger partial charge in [-0.2, -0.15) is 0 Å². The van der Waals surface area contributed by atoms with Gasteiger partial charge in [0.05, 0.1) is 5.56 Å². The molecule has 0 saturated carbocycles. The molecule has 0 radical (unpaired) electrons. The molecule has 0 aliphatic heterocycles. The molecule has 39 heavy (non-hydrogen) atoms. The van der Waals surface area contributed by atoms with E-state index in [-0.39, 0.29) is 17.4 Å². The molecule has 0 unspecified atom stereocenters. The molecule has 0 aliphatic rings. The highest BCUT2D eigenvalue weighted by Gasteiger charge is 2.13. The first kappa shape index (κ1) is 33.3. The Morgan fingerprint density at radius 1 is 0.718 bits per heavy atom. The molecule has 0 atom stereocenters. The summed E-state index contributed by atoms with van der Waals surface area (Å²) in [7, 11) is 0. The maximum atomic E-state index is 12.3. The zero-order valence-corrected chi connectivity index (χ0v) is 23.6. The van der Waals surface area contributed by atoms with Gasteiger partial charge in [0, 0.05) is 26.3 Å². The molecule has 210 valence electrons. The van der Waals surface area contributed by atoms with Crippen LogP contribution < -0.4 is 10.1 Å². The van der Waals surface area contributed by atoms with E-state index in [9.17, 15) is 14.4 Å². The Balaban J connectivity index is 2.06. The molecule has 0 spiro atoms. The number of hydrogen-bond donors (Lipinski definition) is 1. The number of para-hydroxylation sites is 1. The van der Waals surface area contributed by atoms with Gasteiger partial charge < -0.3 is 10.1 Å². The van der Waals surface area contributed by atoms with Crippen LogP contribution in [0.25, 0.3) is 0 Å². The van der Waals surface area contributed by atoms with Crippen molar-refractivity contribution in [3.8, 4) is 5.75 Å². The van der Waals surface area contributed by atoms with Crippen molar-refractivity contribution in [2.45, 2.75) is 78.1 Å². The Labute approximate surface area is 235 Å². The number of amides is 1. The summed E-state index contributed by atoms with van der Waals surface area (Å²) in [6.07, 6.45) is 34.0. The lowest BCUT2D eigenvalue weighted by Crippen LogP contribution is -2.25. The number of nitrogens with one attached hydrogen (secondary N) is 1. The molecular formula is C34H45NO4. The van der Waals surface area contributed by atoms with E-state index in [1.165, 1.54) is 6.92 Å². The predicted octanol–water partition coefficient (Wildman–Crippen LogP) is 8.17. The summed E-state index contributed by atoms with van der Waals surface area (Å²) >= 11 is 0. The molecule has 0 heterocycles. The van der Waals surface area contributed by atoms with E-state index in [2.05, 4.69) is 79.1 Å². The van der Waals surface area contributed by atoms with Crippen LogP contribution in [-0.2, 0) is 9.59 Å². The molecule has 1 rings (SSSR count). The minimum atomic E-state index is -0.479. The van der Waals surface area contributed by atoms with Crippen LogP contribution in [-0.4, -0.2) is 24.2 Å². The van der Waals surface area contributed by atoms with E-state index < -0.39 is 5.97 Å². The quantitative estimate of drug-likeness (QED) is 0.0797. The van der Waals surface area contributed by atoms with Gasteiger partial charge in [-0.25, -0.2) is 0 Å². The van der Waals surface area contributed by atoms with E-state index in [0.29, 0.717) is 31.4 Å². The number of allylic oxidation sites excluding steroid dienone is 12. The second kappa shape index (κ2) is 23.4. The number of esters is 1. The molecular weight excluding hydrogens is 486 g/mol. The predicted molar refractivity (Wildman–Crippen MR) is 162 cm³/mol. The lowest BCUT2D eigenvalue weighted by atomic mass is 10.1. The zero-order chi connectivity index (χ0) is 28.4. The second-order valence-electron chi connectivity index (χ2n) is 8.94. The average molecular weight is 532 g/mol. The minimum Gasteiger partial charge on any atom is -0.426 e. The van der Waals surface area contributed by atoms with Gasteiger partial charge in [0.1, 0.15) is 11.5 Å². The Hall–Kier alpha value is -3.73. The van der Waals surface area contributed by atoms with Crippen molar-refractivity contribution < 1.29 is 19.1 Å². The van der Waals surface area contributed by atoms with Crippen molar-refractivity contribution in [1.29, 1.82) is 0 Å². The van der Waals surface area contributed by atoms with E-state index in [1.807, 2.05) is 6.08 Å². The topological polar surface area (TPSA) is 72.5 Å². The lowest BCUT2D eigenvalue weighted by molar-refractivity contribution is -0.131. The molecule has 1 aromatic rings. The fourth-order valence-corrected chi connectivity index (χ4v) is 3.49. The Kier molecular flexibility index (Phi) is 20.0. The summed E-state index contributed by atoms with van der Waals surface area (Å²) in [4.78, 5) is 35.6. The van der Waals surface area contributed by atoms with Gasteiger partial charge in [-0.15, -0.1) is 0 Å². The van der Waals surface area contributed by atoms with Crippen LogP contribution in [0.3, 0.4) is 0 Å². The lowest BCUT2D eigenvalue weighted by Gasteiger charge is -2.09. The van der Waals surface area contributed by atoms with Crippen molar-refractivity contribution in [3.63, 3.8) is 0 Å². The SMILES string of the molecule is CC/C=C\C/C=C\C/C=C\C/C=C\C/C=C\C/C=C\CCC(=O)CCCNC(=O)c1ccccc1OC(C)=O. The van der Waals surface area contributed by atoms with Crippen molar-refractivity contribution in [3.05, 3.63) is 103 Å². The highest BCUT2D eigenvalue weighted by Crippen LogP contribution is 2.18. The van der Waals surface area contributed by atoms with Crippen LogP contribution in [0.1, 0.15) is 88.4 Å². The molecule has 5 heteroatoms. The van der Waals surface area contributed by atoms with Gasteiger partial charge in [0.25, 0.3) is 5.91 Å². The van der Waals surface area contributed by atoms with Crippen LogP contribution >= 0.6 is 0 Å². The summed E-state index contributed by atoms with van der Waals surface area (Å²) < 4.78 is 5.07. The van der Waals surface area contributed by atoms with Crippen LogP contribution in [0.15, 0.2) is 97.2 Å². The largest absolute Gasteiger partial charge is 0.426 e. The van der Waals surface area contributed by atoms with Crippen molar-refractivity contribution in [2.75, 3.05) is 6.54 Å². The van der Waals surface area contributed by atoms with E-state index >= 15 is 0 Å². The minimum absolute atomic E-state index is 0.184. The average Bonchev–Trinajstić information content (AvgIpc) is 2.92. The maximum absolute atomic E-state index is 12.3. The third-order valence-electron chi connectivity index (χ3n) is 5.49. The van der Waals surface area contributed by atoms with Crippen LogP contribution in [0.5, 0.6) is 5.75 Å². The first-order valence-corrected chi connectivity index (χ1v) is 14.0. The summed E-state index contributed by atoms with van der Waals surface area (Å²) in [5.41, 5.74) is 0.302. The number of benzene rings is 1. The molecule has 5 nitrogen and oxygen atoms in total. The molecule has 1 amide bonds. The van der Waals surface area contributed by atoms with Crippen molar-refractivity contribution in [2.24, 2.45) is 0 Å². The fraction of sp³-hybridized carbons (Fsp3) is 0.382. The normalized spacial score (nSPS) is 12.2. The van der Waals surface area contributed by atoms with E-state index in [0.717, 1.165) is 44.9 Å². The van der Waals surface area contributed by atoms with Crippen molar-refractivity contribution in [1.82, 2.24) is 5.32 Å². The van der Waals surface area contributed by atoms with E-state index in [4.69, 9.17) is 4.74 Å². The Morgan fingerprint density at radius 3 is 1.77 bits per heavy atom. The fourth-order valence-electron chi connectivity index (χ4n) is 3.49. The molecule has 0 aromatic heterocycles.